The van der Waals surface area contributed by atoms with E-state index in [4.69, 9.17) is 4.74 Å². The van der Waals surface area contributed by atoms with Gasteiger partial charge in [0.25, 0.3) is 0 Å². The molecule has 0 amide bonds. The van der Waals surface area contributed by atoms with Crippen molar-refractivity contribution in [2.45, 2.75) is 6.92 Å². The highest BCUT2D eigenvalue weighted by molar-refractivity contribution is 5.99. The molecule has 2 aromatic carbocycles. The van der Waals surface area contributed by atoms with Gasteiger partial charge in [-0.05, 0) is 12.1 Å². The molecule has 1 N–H and O–H groups in total. The number of ether oxygens (including phenoxy) is 1. The molecule has 0 heterocycles. The maximum atomic E-state index is 10.7. The van der Waals surface area contributed by atoms with Crippen molar-refractivity contribution in [1.29, 1.82) is 0 Å². The summed E-state index contributed by atoms with van der Waals surface area (Å²) in [5.41, 5.74) is 0.0547. The van der Waals surface area contributed by atoms with E-state index in [9.17, 15) is 10.0 Å². The summed E-state index contributed by atoms with van der Waals surface area (Å²) >= 11 is 0. The van der Waals surface area contributed by atoms with Crippen molar-refractivity contribution in [1.82, 2.24) is 0 Å². The van der Waals surface area contributed by atoms with E-state index in [0.717, 1.165) is 5.39 Å². The van der Waals surface area contributed by atoms with E-state index in [-0.39, 0.29) is 11.4 Å². The van der Waals surface area contributed by atoms with E-state index in [1.54, 1.807) is 12.1 Å². The van der Waals surface area contributed by atoms with E-state index in [0.29, 0.717) is 17.7 Å². The first kappa shape index (κ1) is 10.4. The van der Waals surface area contributed by atoms with Crippen LogP contribution in [0.1, 0.15) is 6.92 Å². The number of phenolic OH excluding ortho intramolecular Hbond substituents is 1. The van der Waals surface area contributed by atoms with Crippen molar-refractivity contribution in [3.05, 3.63) is 35.2 Å². The molecule has 0 fully saturated rings. The van der Waals surface area contributed by atoms with Gasteiger partial charge in [-0.1, -0.05) is 24.3 Å². The molecule has 16 heavy (non-hydrogen) atoms. The van der Waals surface area contributed by atoms with Gasteiger partial charge in [-0.25, -0.2) is 0 Å². The SMILES string of the molecule is CCOc1cc(O)c(N=O)c2ccccc12. The maximum absolute atomic E-state index is 10.7. The van der Waals surface area contributed by atoms with Gasteiger partial charge in [0.2, 0.25) is 0 Å². The van der Waals surface area contributed by atoms with Gasteiger partial charge in [0.05, 0.1) is 6.61 Å². The van der Waals surface area contributed by atoms with Crippen LogP contribution in [0.4, 0.5) is 5.69 Å². The van der Waals surface area contributed by atoms with Crippen LogP contribution in [0.5, 0.6) is 11.5 Å². The van der Waals surface area contributed by atoms with Crippen LogP contribution in [0.25, 0.3) is 10.8 Å². The third-order valence-electron chi connectivity index (χ3n) is 2.35. The third-order valence-corrected chi connectivity index (χ3v) is 2.35. The lowest BCUT2D eigenvalue weighted by molar-refractivity contribution is 0.342. The van der Waals surface area contributed by atoms with Crippen molar-refractivity contribution in [3.8, 4) is 11.5 Å². The number of hydrogen-bond acceptors (Lipinski definition) is 4. The fourth-order valence-corrected chi connectivity index (χ4v) is 1.68. The molecule has 0 bridgehead atoms. The van der Waals surface area contributed by atoms with Crippen LogP contribution in [0.15, 0.2) is 35.5 Å². The molecule has 0 aliphatic carbocycles. The van der Waals surface area contributed by atoms with Gasteiger partial charge in [0.1, 0.15) is 11.5 Å². The van der Waals surface area contributed by atoms with Crippen LogP contribution in [0.3, 0.4) is 0 Å². The molecule has 4 nitrogen and oxygen atoms in total. The van der Waals surface area contributed by atoms with E-state index in [1.807, 2.05) is 19.1 Å². The van der Waals surface area contributed by atoms with Crippen molar-refractivity contribution in [2.75, 3.05) is 6.61 Å². The Balaban J connectivity index is 2.80. The molecule has 0 radical (unpaired) electrons. The smallest absolute Gasteiger partial charge is 0.157 e. The molecule has 0 saturated carbocycles. The molecule has 0 spiro atoms. The highest BCUT2D eigenvalue weighted by atomic mass is 16.5. The zero-order valence-electron chi connectivity index (χ0n) is 8.80. The van der Waals surface area contributed by atoms with Crippen LogP contribution in [-0.2, 0) is 0 Å². The Bertz CT molecular complexity index is 537. The van der Waals surface area contributed by atoms with Crippen LogP contribution in [0, 0.1) is 4.91 Å². The molecular formula is C12H11NO3. The largest absolute Gasteiger partial charge is 0.505 e. The number of benzene rings is 2. The first-order valence-corrected chi connectivity index (χ1v) is 4.98. The van der Waals surface area contributed by atoms with Gasteiger partial charge in [-0.3, -0.25) is 0 Å². The highest BCUT2D eigenvalue weighted by Gasteiger charge is 2.12. The van der Waals surface area contributed by atoms with Crippen molar-refractivity contribution in [3.63, 3.8) is 0 Å². The minimum atomic E-state index is -0.155. The Labute approximate surface area is 92.4 Å². The Morgan fingerprint density at radius 1 is 1.31 bits per heavy atom. The molecule has 0 unspecified atom stereocenters. The summed E-state index contributed by atoms with van der Waals surface area (Å²) in [4.78, 5) is 10.7. The number of phenols is 1. The van der Waals surface area contributed by atoms with Gasteiger partial charge < -0.3 is 9.84 Å². The summed E-state index contributed by atoms with van der Waals surface area (Å²) in [5, 5.41) is 13.9. The predicted octanol–water partition coefficient (Wildman–Crippen LogP) is 3.34. The number of nitrogens with zero attached hydrogens (tertiary/aromatic N) is 1. The molecule has 2 rings (SSSR count). The zero-order valence-corrected chi connectivity index (χ0v) is 8.80. The fourth-order valence-electron chi connectivity index (χ4n) is 1.68. The Kier molecular flexibility index (Phi) is 2.72. The van der Waals surface area contributed by atoms with Crippen molar-refractivity contribution >= 4 is 16.5 Å². The molecule has 0 saturated heterocycles. The predicted molar refractivity (Wildman–Crippen MR) is 62.2 cm³/mol. The normalized spacial score (nSPS) is 10.3. The average molecular weight is 217 g/mol. The second-order valence-corrected chi connectivity index (χ2v) is 3.31. The van der Waals surface area contributed by atoms with Gasteiger partial charge in [0.15, 0.2) is 5.69 Å². The quantitative estimate of drug-likeness (QED) is 0.802. The fraction of sp³-hybridized carbons (Fsp3) is 0.167. The Hall–Kier alpha value is -2.10. The first-order chi connectivity index (χ1) is 7.77. The minimum absolute atomic E-state index is 0.0547. The van der Waals surface area contributed by atoms with Gasteiger partial charge in [0, 0.05) is 16.8 Å². The second-order valence-electron chi connectivity index (χ2n) is 3.31. The van der Waals surface area contributed by atoms with E-state index in [1.165, 1.54) is 6.07 Å². The summed E-state index contributed by atoms with van der Waals surface area (Å²) in [6.45, 7) is 2.36. The number of rotatable bonds is 3. The third kappa shape index (κ3) is 1.58. The van der Waals surface area contributed by atoms with E-state index < -0.39 is 0 Å². The van der Waals surface area contributed by atoms with E-state index in [2.05, 4.69) is 5.18 Å². The molecule has 4 heteroatoms. The lowest BCUT2D eigenvalue weighted by Gasteiger charge is -2.09. The van der Waals surface area contributed by atoms with Crippen molar-refractivity contribution in [2.24, 2.45) is 5.18 Å². The first-order valence-electron chi connectivity index (χ1n) is 4.98. The summed E-state index contributed by atoms with van der Waals surface area (Å²) < 4.78 is 5.40. The van der Waals surface area contributed by atoms with Gasteiger partial charge in [-0.15, -0.1) is 4.91 Å². The average Bonchev–Trinajstić information content (AvgIpc) is 2.30. The highest BCUT2D eigenvalue weighted by Crippen LogP contribution is 2.40. The number of hydrogen-bond donors (Lipinski definition) is 1. The molecular weight excluding hydrogens is 206 g/mol. The van der Waals surface area contributed by atoms with Gasteiger partial charge in [-0.2, -0.15) is 0 Å². The molecule has 2 aromatic rings. The molecule has 82 valence electrons. The van der Waals surface area contributed by atoms with Crippen LogP contribution >= 0.6 is 0 Å². The molecule has 0 aliphatic rings. The standard InChI is InChI=1S/C12H11NO3/c1-2-16-11-7-10(14)12(13-15)9-6-4-3-5-8(9)11/h3-7,14H,2H2,1H3. The summed E-state index contributed by atoms with van der Waals surface area (Å²) in [5.74, 6) is 0.403. The summed E-state index contributed by atoms with van der Waals surface area (Å²) in [6.07, 6.45) is 0. The monoisotopic (exact) mass is 217 g/mol. The van der Waals surface area contributed by atoms with Crippen molar-refractivity contribution < 1.29 is 9.84 Å². The maximum Gasteiger partial charge on any atom is 0.157 e. The second kappa shape index (κ2) is 4.18. The number of aromatic hydroxyl groups is 1. The molecule has 0 atom stereocenters. The Morgan fingerprint density at radius 2 is 2.00 bits per heavy atom. The lowest BCUT2D eigenvalue weighted by Crippen LogP contribution is -1.92. The number of nitroso groups, excluding NO2 is 1. The molecule has 0 aliphatic heterocycles. The van der Waals surface area contributed by atoms with Crippen LogP contribution in [-0.4, -0.2) is 11.7 Å². The lowest BCUT2D eigenvalue weighted by atomic mass is 10.1. The number of fused-ring (bicyclic) bond motifs is 1. The molecule has 0 aromatic heterocycles. The Morgan fingerprint density at radius 3 is 2.62 bits per heavy atom. The topological polar surface area (TPSA) is 58.9 Å². The van der Waals surface area contributed by atoms with Crippen LogP contribution < -0.4 is 4.74 Å². The van der Waals surface area contributed by atoms with Crippen LogP contribution in [0.2, 0.25) is 0 Å². The summed E-state index contributed by atoms with van der Waals surface area (Å²) in [7, 11) is 0. The summed E-state index contributed by atoms with van der Waals surface area (Å²) in [6, 6.07) is 8.61. The van der Waals surface area contributed by atoms with Gasteiger partial charge >= 0.3 is 0 Å². The van der Waals surface area contributed by atoms with E-state index >= 15 is 0 Å². The minimum Gasteiger partial charge on any atom is -0.505 e. The zero-order chi connectivity index (χ0) is 11.5.